The number of carbonyl (C=O) groups is 3. The molecule has 6 N–H and O–H groups in total. The first-order chi connectivity index (χ1) is 15.0. The molecule has 3 aliphatic rings. The third-order valence-corrected chi connectivity index (χ3v) is 7.20. The third-order valence-electron chi connectivity index (χ3n) is 7.20. The minimum atomic E-state index is -2.62. The van der Waals surface area contributed by atoms with E-state index in [0.717, 1.165) is 0 Å². The van der Waals surface area contributed by atoms with Crippen molar-refractivity contribution in [1.82, 2.24) is 4.90 Å². The van der Waals surface area contributed by atoms with Crippen LogP contribution >= 0.6 is 0 Å². The van der Waals surface area contributed by atoms with Crippen molar-refractivity contribution in [3.63, 3.8) is 0 Å². The molecule has 3 aliphatic carbocycles. The van der Waals surface area contributed by atoms with Crippen molar-refractivity contribution in [2.75, 3.05) is 14.1 Å². The Morgan fingerprint density at radius 3 is 2.44 bits per heavy atom. The molecule has 0 aliphatic heterocycles. The van der Waals surface area contributed by atoms with Gasteiger partial charge in [-0.05, 0) is 50.4 Å². The highest BCUT2D eigenvalue weighted by Crippen LogP contribution is 2.56. The van der Waals surface area contributed by atoms with Crippen LogP contribution in [0, 0.1) is 11.8 Å². The number of Topliss-reactive ketones (excluding diaryl/α,β-unsaturated/α-hetero) is 2. The summed E-state index contributed by atoms with van der Waals surface area (Å²) in [5, 5.41) is 43.9. The van der Waals surface area contributed by atoms with Crippen molar-refractivity contribution in [2.45, 2.75) is 37.3 Å². The maximum atomic E-state index is 13.4. The maximum absolute atomic E-state index is 13.4. The zero-order chi connectivity index (χ0) is 23.7. The fraction of sp³-hybridized carbons (Fsp3) is 0.435. The van der Waals surface area contributed by atoms with Crippen LogP contribution in [-0.4, -0.2) is 68.5 Å². The average Bonchev–Trinajstić information content (AvgIpc) is 2.70. The molecule has 0 bridgehead atoms. The predicted molar refractivity (Wildman–Crippen MR) is 113 cm³/mol. The van der Waals surface area contributed by atoms with E-state index in [-0.39, 0.29) is 29.2 Å². The number of aliphatic hydroxyl groups excluding tert-OH is 2. The van der Waals surface area contributed by atoms with Crippen LogP contribution in [0.15, 0.2) is 40.9 Å². The number of carbonyl (C=O) groups excluding carboxylic acids is 3. The van der Waals surface area contributed by atoms with Crippen LogP contribution in [0.5, 0.6) is 5.75 Å². The molecule has 1 aromatic rings. The van der Waals surface area contributed by atoms with Crippen LogP contribution in [0.25, 0.3) is 0 Å². The summed E-state index contributed by atoms with van der Waals surface area (Å²) in [6.45, 7) is 1.90. The van der Waals surface area contributed by atoms with Crippen LogP contribution in [-0.2, 0) is 9.59 Å². The first-order valence-corrected chi connectivity index (χ1v) is 10.4. The molecule has 5 atom stereocenters. The number of nitrogens with zero attached hydrogens (tertiary/aromatic N) is 1. The van der Waals surface area contributed by atoms with Gasteiger partial charge in [0.2, 0.25) is 5.78 Å². The fourth-order valence-corrected chi connectivity index (χ4v) is 5.85. The van der Waals surface area contributed by atoms with Gasteiger partial charge in [-0.25, -0.2) is 0 Å². The number of allylic oxidation sites excluding steroid dienone is 1. The monoisotopic (exact) mass is 442 g/mol. The van der Waals surface area contributed by atoms with Crippen LogP contribution in [0.4, 0.5) is 0 Å². The largest absolute Gasteiger partial charge is 0.510 e. The zero-order valence-electron chi connectivity index (χ0n) is 18.0. The molecule has 32 heavy (non-hydrogen) atoms. The molecule has 0 saturated carbocycles. The van der Waals surface area contributed by atoms with Crippen molar-refractivity contribution in [2.24, 2.45) is 17.6 Å². The van der Waals surface area contributed by atoms with E-state index < -0.39 is 58.0 Å². The molecule has 9 nitrogen and oxygen atoms in total. The number of likely N-dealkylation sites (N-methyl/N-ethyl adjacent to an activating group) is 1. The Morgan fingerprint density at radius 1 is 1.22 bits per heavy atom. The molecule has 0 fully saturated rings. The first-order valence-electron chi connectivity index (χ1n) is 10.4. The number of nitrogens with two attached hydrogens (primary N) is 1. The molecule has 0 heterocycles. The van der Waals surface area contributed by atoms with Gasteiger partial charge >= 0.3 is 0 Å². The summed E-state index contributed by atoms with van der Waals surface area (Å²) in [4.78, 5) is 40.1. The van der Waals surface area contributed by atoms with Crippen molar-refractivity contribution < 1.29 is 34.8 Å². The van der Waals surface area contributed by atoms with Gasteiger partial charge in [0, 0.05) is 11.5 Å². The standard InChI is InChI=1S/C23H26N2O7/c1-4-9-10-6-5-7-13(26)14(10)18(27)15-11(9)8-12-17(25(2)3)19(28)16(22(24)31)21(30)23(12,32)20(15)29/h5-7,9,11-12,17,26,28-29,32H,4,8H2,1-3H3,(H2,24,31)/t9-,11+,12-,17-,23-/m0/s1. The molecule has 170 valence electrons. The molecule has 0 unspecified atom stereocenters. The molecule has 0 aromatic heterocycles. The number of aliphatic hydroxyl groups is 3. The van der Waals surface area contributed by atoms with Gasteiger partial charge in [0.15, 0.2) is 11.4 Å². The van der Waals surface area contributed by atoms with Gasteiger partial charge in [-0.15, -0.1) is 0 Å². The third kappa shape index (κ3) is 2.61. The number of primary amides is 1. The van der Waals surface area contributed by atoms with Gasteiger partial charge in [0.1, 0.15) is 22.8 Å². The molecule has 0 spiro atoms. The molecular formula is C23H26N2O7. The van der Waals surface area contributed by atoms with Crippen molar-refractivity contribution in [3.05, 3.63) is 52.0 Å². The number of aromatic hydroxyl groups is 1. The number of phenols is 1. The Kier molecular flexibility index (Phi) is 4.94. The maximum Gasteiger partial charge on any atom is 0.255 e. The van der Waals surface area contributed by atoms with Crippen LogP contribution in [0.1, 0.15) is 41.6 Å². The van der Waals surface area contributed by atoms with E-state index in [4.69, 9.17) is 5.73 Å². The Bertz CT molecular complexity index is 1120. The molecular weight excluding hydrogens is 416 g/mol. The smallest absolute Gasteiger partial charge is 0.255 e. The fourth-order valence-electron chi connectivity index (χ4n) is 5.85. The highest BCUT2D eigenvalue weighted by Gasteiger charge is 2.64. The highest BCUT2D eigenvalue weighted by molar-refractivity contribution is 6.24. The van der Waals surface area contributed by atoms with E-state index in [0.29, 0.717) is 12.0 Å². The minimum absolute atomic E-state index is 0.0279. The van der Waals surface area contributed by atoms with Gasteiger partial charge in [0.25, 0.3) is 5.91 Å². The number of ketones is 2. The SMILES string of the molecule is CC[C@H]1c2cccc(O)c2C(=O)C2=C(O)[C@]3(O)C(=O)C(C(N)=O)=C(O)[C@@H](N(C)C)[C@@H]3C[C@@H]21. The van der Waals surface area contributed by atoms with E-state index in [1.807, 2.05) is 6.92 Å². The van der Waals surface area contributed by atoms with E-state index in [9.17, 15) is 34.8 Å². The van der Waals surface area contributed by atoms with E-state index in [1.54, 1.807) is 26.2 Å². The number of hydrogen-bond acceptors (Lipinski definition) is 8. The van der Waals surface area contributed by atoms with Crippen molar-refractivity contribution in [1.29, 1.82) is 0 Å². The Balaban J connectivity index is 2.02. The molecule has 1 aromatic carbocycles. The lowest BCUT2D eigenvalue weighted by Gasteiger charge is -2.51. The van der Waals surface area contributed by atoms with E-state index in [2.05, 4.69) is 0 Å². The first kappa shape index (κ1) is 22.0. The second kappa shape index (κ2) is 7.18. The summed E-state index contributed by atoms with van der Waals surface area (Å²) in [6, 6.07) is 3.75. The van der Waals surface area contributed by atoms with Gasteiger partial charge in [-0.1, -0.05) is 19.1 Å². The normalized spacial score (nSPS) is 32.0. The van der Waals surface area contributed by atoms with Crippen molar-refractivity contribution >= 4 is 17.5 Å². The molecule has 9 heteroatoms. The number of phenolic OH excluding ortho intramolecular Hbond substituents is 1. The summed E-state index contributed by atoms with van der Waals surface area (Å²) in [7, 11) is 3.20. The van der Waals surface area contributed by atoms with E-state index >= 15 is 0 Å². The van der Waals surface area contributed by atoms with Gasteiger partial charge in [-0.3, -0.25) is 19.3 Å². The molecule has 4 rings (SSSR count). The summed E-state index contributed by atoms with van der Waals surface area (Å²) >= 11 is 0. The Hall–Kier alpha value is -3.17. The van der Waals surface area contributed by atoms with Gasteiger partial charge < -0.3 is 26.2 Å². The second-order valence-corrected chi connectivity index (χ2v) is 8.92. The minimum Gasteiger partial charge on any atom is -0.510 e. The number of hydrogen-bond donors (Lipinski definition) is 5. The highest BCUT2D eigenvalue weighted by atomic mass is 16.3. The lowest BCUT2D eigenvalue weighted by atomic mass is 9.56. The lowest BCUT2D eigenvalue weighted by Crippen LogP contribution is -2.64. The number of benzene rings is 1. The summed E-state index contributed by atoms with van der Waals surface area (Å²) in [5.41, 5.74) is 2.41. The molecule has 1 amide bonds. The van der Waals surface area contributed by atoms with E-state index in [1.165, 1.54) is 11.0 Å². The Labute approximate surface area is 184 Å². The summed E-state index contributed by atoms with van der Waals surface area (Å²) < 4.78 is 0. The average molecular weight is 442 g/mol. The van der Waals surface area contributed by atoms with Crippen molar-refractivity contribution in [3.8, 4) is 5.75 Å². The van der Waals surface area contributed by atoms with Gasteiger partial charge in [-0.2, -0.15) is 0 Å². The lowest BCUT2D eigenvalue weighted by molar-refractivity contribution is -0.148. The van der Waals surface area contributed by atoms with Crippen LogP contribution < -0.4 is 5.73 Å². The number of rotatable bonds is 3. The summed E-state index contributed by atoms with van der Waals surface area (Å²) in [5.74, 6) is -6.70. The predicted octanol–water partition coefficient (Wildman–Crippen LogP) is 1.07. The van der Waals surface area contributed by atoms with Crippen LogP contribution in [0.2, 0.25) is 0 Å². The number of fused-ring (bicyclic) bond motifs is 3. The zero-order valence-corrected chi connectivity index (χ0v) is 18.0. The Morgan fingerprint density at radius 2 is 1.88 bits per heavy atom. The van der Waals surface area contributed by atoms with Crippen LogP contribution in [0.3, 0.4) is 0 Å². The molecule has 0 saturated heterocycles. The number of amides is 1. The summed E-state index contributed by atoms with van der Waals surface area (Å²) in [6.07, 6.45) is 0.644. The second-order valence-electron chi connectivity index (χ2n) is 8.92. The topological polar surface area (TPSA) is 161 Å². The van der Waals surface area contributed by atoms with Gasteiger partial charge in [0.05, 0.1) is 11.6 Å². The quantitative estimate of drug-likeness (QED) is 0.434. The molecule has 0 radical (unpaired) electrons.